The van der Waals surface area contributed by atoms with Crippen molar-refractivity contribution in [1.82, 2.24) is 4.31 Å². The first-order valence-corrected chi connectivity index (χ1v) is 11.1. The van der Waals surface area contributed by atoms with Gasteiger partial charge in [0.1, 0.15) is 5.72 Å². The van der Waals surface area contributed by atoms with E-state index in [0.717, 1.165) is 31.4 Å². The molecule has 2 atom stereocenters. The number of ether oxygens (including phenoxy) is 1. The number of nitrogens with zero attached hydrogens (tertiary/aromatic N) is 1. The Labute approximate surface area is 151 Å². The van der Waals surface area contributed by atoms with Crippen LogP contribution in [0, 0.1) is 12.3 Å². The van der Waals surface area contributed by atoms with Crippen LogP contribution in [0.4, 0.5) is 0 Å². The van der Waals surface area contributed by atoms with Crippen molar-refractivity contribution >= 4 is 10.0 Å². The first kappa shape index (κ1) is 17.5. The van der Waals surface area contributed by atoms with E-state index in [1.165, 1.54) is 32.1 Å². The predicted octanol–water partition coefficient (Wildman–Crippen LogP) is 4.24. The number of sulfonamides is 1. The van der Waals surface area contributed by atoms with Crippen molar-refractivity contribution in [1.29, 1.82) is 0 Å². The lowest BCUT2D eigenvalue weighted by Crippen LogP contribution is -2.50. The molecule has 0 bridgehead atoms. The first-order chi connectivity index (χ1) is 11.9. The van der Waals surface area contributed by atoms with E-state index in [4.69, 9.17) is 4.74 Å². The van der Waals surface area contributed by atoms with Gasteiger partial charge in [-0.25, -0.2) is 8.42 Å². The highest BCUT2D eigenvalue weighted by Crippen LogP contribution is 2.55. The van der Waals surface area contributed by atoms with Gasteiger partial charge < -0.3 is 4.74 Å². The minimum absolute atomic E-state index is 0.00922. The van der Waals surface area contributed by atoms with Crippen LogP contribution in [-0.2, 0) is 14.8 Å². The summed E-state index contributed by atoms with van der Waals surface area (Å²) in [6.45, 7) is 4.72. The zero-order valence-electron chi connectivity index (χ0n) is 15.3. The Balaban J connectivity index is 1.68. The van der Waals surface area contributed by atoms with E-state index in [2.05, 4.69) is 0 Å². The van der Waals surface area contributed by atoms with E-state index in [-0.39, 0.29) is 11.5 Å². The highest BCUT2D eigenvalue weighted by molar-refractivity contribution is 7.89. The summed E-state index contributed by atoms with van der Waals surface area (Å²) < 4.78 is 34.9. The van der Waals surface area contributed by atoms with Crippen molar-refractivity contribution in [3.8, 4) is 0 Å². The molecule has 3 aliphatic rings. The third-order valence-corrected chi connectivity index (χ3v) is 8.62. The molecule has 1 saturated carbocycles. The predicted molar refractivity (Wildman–Crippen MR) is 97.7 cm³/mol. The van der Waals surface area contributed by atoms with Gasteiger partial charge in [0.15, 0.2) is 0 Å². The van der Waals surface area contributed by atoms with E-state index in [9.17, 15) is 8.42 Å². The van der Waals surface area contributed by atoms with Crippen LogP contribution < -0.4 is 0 Å². The normalized spacial score (nSPS) is 32.6. The molecule has 4 rings (SSSR count). The zero-order valence-corrected chi connectivity index (χ0v) is 16.1. The molecule has 0 radical (unpaired) electrons. The fourth-order valence-corrected chi connectivity index (χ4v) is 7.18. The second-order valence-corrected chi connectivity index (χ2v) is 10.3. The molecule has 3 fully saturated rings. The molecule has 2 aliphatic heterocycles. The van der Waals surface area contributed by atoms with Gasteiger partial charge in [-0.2, -0.15) is 4.31 Å². The molecule has 0 aromatic heterocycles. The van der Waals surface area contributed by atoms with Crippen molar-refractivity contribution in [3.05, 3.63) is 29.8 Å². The minimum Gasteiger partial charge on any atom is -0.359 e. The standard InChI is InChI=1S/C20H29NO3S/c1-16-6-8-18(9-7-16)25(22,23)21-17(2)10-13-20(21)14-19(15-24-20)11-4-3-5-12-19/h6-9,17H,3-5,10-15H2,1-2H3. The van der Waals surface area contributed by atoms with Crippen molar-refractivity contribution < 1.29 is 13.2 Å². The fraction of sp³-hybridized carbons (Fsp3) is 0.700. The van der Waals surface area contributed by atoms with Gasteiger partial charge in [-0.15, -0.1) is 0 Å². The lowest BCUT2D eigenvalue weighted by Gasteiger charge is -2.38. The molecule has 2 saturated heterocycles. The molecule has 5 heteroatoms. The van der Waals surface area contributed by atoms with E-state index >= 15 is 0 Å². The van der Waals surface area contributed by atoms with Gasteiger partial charge in [-0.1, -0.05) is 37.0 Å². The summed E-state index contributed by atoms with van der Waals surface area (Å²) >= 11 is 0. The maximum Gasteiger partial charge on any atom is 0.245 e. The van der Waals surface area contributed by atoms with Crippen LogP contribution in [-0.4, -0.2) is 31.1 Å². The molecule has 0 amide bonds. The Kier molecular flexibility index (Phi) is 4.25. The molecule has 25 heavy (non-hydrogen) atoms. The molecule has 0 N–H and O–H groups in total. The van der Waals surface area contributed by atoms with Crippen LogP contribution in [0.25, 0.3) is 0 Å². The average molecular weight is 364 g/mol. The van der Waals surface area contributed by atoms with Gasteiger partial charge >= 0.3 is 0 Å². The second-order valence-electron chi connectivity index (χ2n) is 8.47. The summed E-state index contributed by atoms with van der Waals surface area (Å²) in [4.78, 5) is 0.388. The number of hydrogen-bond donors (Lipinski definition) is 0. The van der Waals surface area contributed by atoms with Gasteiger partial charge in [-0.05, 0) is 63.5 Å². The van der Waals surface area contributed by atoms with Gasteiger partial charge in [0, 0.05) is 6.04 Å². The summed E-state index contributed by atoms with van der Waals surface area (Å²) in [5.74, 6) is 0. The summed E-state index contributed by atoms with van der Waals surface area (Å²) in [5, 5.41) is 0. The van der Waals surface area contributed by atoms with Crippen LogP contribution in [0.1, 0.15) is 63.9 Å². The number of benzene rings is 1. The lowest BCUT2D eigenvalue weighted by molar-refractivity contribution is -0.0659. The van der Waals surface area contributed by atoms with Crippen LogP contribution >= 0.6 is 0 Å². The number of rotatable bonds is 2. The SMILES string of the molecule is Cc1ccc(S(=O)(=O)N2C(C)CCC23CC2(CCCCC2)CO3)cc1. The quantitative estimate of drug-likeness (QED) is 0.790. The Morgan fingerprint density at radius 2 is 1.76 bits per heavy atom. The molecule has 2 unspecified atom stereocenters. The molecule has 1 aromatic rings. The second kappa shape index (κ2) is 6.07. The van der Waals surface area contributed by atoms with E-state index in [1.54, 1.807) is 16.4 Å². The van der Waals surface area contributed by atoms with E-state index in [1.807, 2.05) is 26.0 Å². The van der Waals surface area contributed by atoms with Gasteiger partial charge in [0.25, 0.3) is 0 Å². The van der Waals surface area contributed by atoms with Crippen molar-refractivity contribution in [2.75, 3.05) is 6.61 Å². The molecule has 1 aliphatic carbocycles. The molecule has 2 heterocycles. The molecule has 138 valence electrons. The topological polar surface area (TPSA) is 46.6 Å². The Hall–Kier alpha value is -0.910. The summed E-state index contributed by atoms with van der Waals surface area (Å²) in [7, 11) is -3.54. The molecular weight excluding hydrogens is 334 g/mol. The third-order valence-electron chi connectivity index (χ3n) is 6.54. The first-order valence-electron chi connectivity index (χ1n) is 9.62. The summed E-state index contributed by atoms with van der Waals surface area (Å²) in [6, 6.07) is 7.20. The Morgan fingerprint density at radius 1 is 1.08 bits per heavy atom. The van der Waals surface area contributed by atoms with Crippen LogP contribution in [0.2, 0.25) is 0 Å². The van der Waals surface area contributed by atoms with Gasteiger partial charge in [0.2, 0.25) is 10.0 Å². The highest BCUT2D eigenvalue weighted by atomic mass is 32.2. The minimum atomic E-state index is -3.54. The van der Waals surface area contributed by atoms with Crippen molar-refractivity contribution in [2.24, 2.45) is 5.41 Å². The van der Waals surface area contributed by atoms with Crippen molar-refractivity contribution in [2.45, 2.75) is 81.9 Å². The fourth-order valence-electron chi connectivity index (χ4n) is 5.24. The van der Waals surface area contributed by atoms with E-state index in [0.29, 0.717) is 4.90 Å². The highest BCUT2D eigenvalue weighted by Gasteiger charge is 2.59. The van der Waals surface area contributed by atoms with Crippen LogP contribution in [0.3, 0.4) is 0 Å². The summed E-state index contributed by atoms with van der Waals surface area (Å²) in [5.41, 5.74) is 0.644. The van der Waals surface area contributed by atoms with Gasteiger partial charge in [-0.3, -0.25) is 0 Å². The Bertz CT molecular complexity index is 737. The number of hydrogen-bond acceptors (Lipinski definition) is 3. The molecule has 1 aromatic carbocycles. The van der Waals surface area contributed by atoms with E-state index < -0.39 is 15.7 Å². The lowest BCUT2D eigenvalue weighted by atomic mass is 9.72. The molecular formula is C20H29NO3S. The third kappa shape index (κ3) is 2.84. The average Bonchev–Trinajstić information content (AvgIpc) is 3.09. The maximum atomic E-state index is 13.4. The number of aryl methyl sites for hydroxylation is 1. The zero-order chi connectivity index (χ0) is 17.7. The molecule has 2 spiro atoms. The Morgan fingerprint density at radius 3 is 2.44 bits per heavy atom. The smallest absolute Gasteiger partial charge is 0.245 e. The largest absolute Gasteiger partial charge is 0.359 e. The van der Waals surface area contributed by atoms with Crippen LogP contribution in [0.15, 0.2) is 29.2 Å². The van der Waals surface area contributed by atoms with Crippen molar-refractivity contribution in [3.63, 3.8) is 0 Å². The van der Waals surface area contributed by atoms with Crippen LogP contribution in [0.5, 0.6) is 0 Å². The molecule has 4 nitrogen and oxygen atoms in total. The maximum absolute atomic E-state index is 13.4. The van der Waals surface area contributed by atoms with Gasteiger partial charge in [0.05, 0.1) is 11.5 Å². The summed E-state index contributed by atoms with van der Waals surface area (Å²) in [6.07, 6.45) is 8.73. The monoisotopic (exact) mass is 363 g/mol.